The lowest BCUT2D eigenvalue weighted by atomic mass is 10.1. The SMILES string of the molecule is CCN(Cc1ccc(Cl)cc1Br)C1CCNC1. The maximum absolute atomic E-state index is 5.96. The van der Waals surface area contributed by atoms with Crippen molar-refractivity contribution >= 4 is 27.5 Å². The van der Waals surface area contributed by atoms with Crippen LogP contribution in [0, 0.1) is 0 Å². The Labute approximate surface area is 116 Å². The van der Waals surface area contributed by atoms with E-state index in [-0.39, 0.29) is 0 Å². The molecule has 1 saturated heterocycles. The van der Waals surface area contributed by atoms with Gasteiger partial charge in [0.25, 0.3) is 0 Å². The normalized spacial score (nSPS) is 20.1. The molecule has 1 aromatic rings. The van der Waals surface area contributed by atoms with Crippen molar-refractivity contribution in [3.63, 3.8) is 0 Å². The Morgan fingerprint density at radius 3 is 2.94 bits per heavy atom. The first-order chi connectivity index (χ1) is 8.20. The fourth-order valence-corrected chi connectivity index (χ4v) is 3.13. The van der Waals surface area contributed by atoms with Crippen LogP contribution in [0.2, 0.25) is 5.02 Å². The number of nitrogens with one attached hydrogen (secondary N) is 1. The molecule has 2 rings (SSSR count). The Morgan fingerprint density at radius 2 is 2.35 bits per heavy atom. The van der Waals surface area contributed by atoms with Gasteiger partial charge in [0.1, 0.15) is 0 Å². The zero-order chi connectivity index (χ0) is 12.3. The second kappa shape index (κ2) is 6.19. The molecule has 0 radical (unpaired) electrons. The highest BCUT2D eigenvalue weighted by atomic mass is 79.9. The second-order valence-electron chi connectivity index (χ2n) is 4.45. The highest BCUT2D eigenvalue weighted by Crippen LogP contribution is 2.24. The molecule has 0 amide bonds. The van der Waals surface area contributed by atoms with Crippen LogP contribution in [0.25, 0.3) is 0 Å². The molecule has 0 aliphatic carbocycles. The summed E-state index contributed by atoms with van der Waals surface area (Å²) in [5.41, 5.74) is 1.31. The summed E-state index contributed by atoms with van der Waals surface area (Å²) in [4.78, 5) is 2.52. The fourth-order valence-electron chi connectivity index (χ4n) is 2.32. The molecule has 0 aromatic heterocycles. The molecule has 1 unspecified atom stereocenters. The van der Waals surface area contributed by atoms with Crippen LogP contribution >= 0.6 is 27.5 Å². The van der Waals surface area contributed by atoms with Crippen LogP contribution in [-0.2, 0) is 6.54 Å². The van der Waals surface area contributed by atoms with E-state index in [4.69, 9.17) is 11.6 Å². The molecule has 1 aromatic carbocycles. The van der Waals surface area contributed by atoms with Crippen LogP contribution in [0.1, 0.15) is 18.9 Å². The first kappa shape index (κ1) is 13.3. The largest absolute Gasteiger partial charge is 0.315 e. The highest BCUT2D eigenvalue weighted by Gasteiger charge is 2.21. The number of likely N-dealkylation sites (N-methyl/N-ethyl adjacent to an activating group) is 1. The van der Waals surface area contributed by atoms with Crippen molar-refractivity contribution in [1.82, 2.24) is 10.2 Å². The molecular formula is C13H18BrClN2. The number of rotatable bonds is 4. The highest BCUT2D eigenvalue weighted by molar-refractivity contribution is 9.10. The standard InChI is InChI=1S/C13H18BrClN2/c1-2-17(12-5-6-16-8-12)9-10-3-4-11(15)7-13(10)14/h3-4,7,12,16H,2,5-6,8-9H2,1H3. The molecular weight excluding hydrogens is 300 g/mol. The van der Waals surface area contributed by atoms with Crippen LogP contribution in [0.3, 0.4) is 0 Å². The summed E-state index contributed by atoms with van der Waals surface area (Å²) in [6.07, 6.45) is 1.25. The Bertz CT molecular complexity index is 378. The van der Waals surface area contributed by atoms with Gasteiger partial charge in [-0.15, -0.1) is 0 Å². The van der Waals surface area contributed by atoms with Gasteiger partial charge in [-0.3, -0.25) is 4.90 Å². The van der Waals surface area contributed by atoms with Gasteiger partial charge in [-0.25, -0.2) is 0 Å². The van der Waals surface area contributed by atoms with Crippen LogP contribution in [0.5, 0.6) is 0 Å². The van der Waals surface area contributed by atoms with Crippen molar-refractivity contribution < 1.29 is 0 Å². The lowest BCUT2D eigenvalue weighted by Crippen LogP contribution is -2.36. The van der Waals surface area contributed by atoms with Crippen LogP contribution in [-0.4, -0.2) is 30.6 Å². The summed E-state index contributed by atoms with van der Waals surface area (Å²) in [5.74, 6) is 0. The van der Waals surface area contributed by atoms with Gasteiger partial charge < -0.3 is 5.32 Å². The molecule has 1 N–H and O–H groups in total. The fraction of sp³-hybridized carbons (Fsp3) is 0.538. The third kappa shape index (κ3) is 3.44. The van der Waals surface area contributed by atoms with Gasteiger partial charge in [-0.2, -0.15) is 0 Å². The quantitative estimate of drug-likeness (QED) is 0.917. The number of benzene rings is 1. The average Bonchev–Trinajstić information content (AvgIpc) is 2.81. The van der Waals surface area contributed by atoms with E-state index in [2.05, 4.69) is 39.1 Å². The molecule has 0 saturated carbocycles. The van der Waals surface area contributed by atoms with Crippen molar-refractivity contribution in [2.75, 3.05) is 19.6 Å². The van der Waals surface area contributed by atoms with E-state index < -0.39 is 0 Å². The minimum atomic E-state index is 0.669. The molecule has 1 atom stereocenters. The van der Waals surface area contributed by atoms with Gasteiger partial charge in [0.05, 0.1) is 0 Å². The minimum absolute atomic E-state index is 0.669. The van der Waals surface area contributed by atoms with Crippen molar-refractivity contribution in [1.29, 1.82) is 0 Å². The van der Waals surface area contributed by atoms with E-state index in [9.17, 15) is 0 Å². The van der Waals surface area contributed by atoms with E-state index in [1.807, 2.05) is 12.1 Å². The van der Waals surface area contributed by atoms with Crippen molar-refractivity contribution in [3.05, 3.63) is 33.3 Å². The molecule has 0 bridgehead atoms. The lowest BCUT2D eigenvalue weighted by molar-refractivity contribution is 0.210. The van der Waals surface area contributed by atoms with Crippen molar-refractivity contribution in [2.24, 2.45) is 0 Å². The first-order valence-electron chi connectivity index (χ1n) is 6.09. The number of halogens is 2. The predicted molar refractivity (Wildman–Crippen MR) is 76.5 cm³/mol. The Hall–Kier alpha value is -0.0900. The molecule has 1 aliphatic heterocycles. The topological polar surface area (TPSA) is 15.3 Å². The molecule has 17 heavy (non-hydrogen) atoms. The lowest BCUT2D eigenvalue weighted by Gasteiger charge is -2.27. The van der Waals surface area contributed by atoms with Crippen molar-refractivity contribution in [3.8, 4) is 0 Å². The molecule has 1 aliphatic rings. The Morgan fingerprint density at radius 1 is 1.53 bits per heavy atom. The van der Waals surface area contributed by atoms with E-state index in [0.29, 0.717) is 6.04 Å². The molecule has 1 heterocycles. The van der Waals surface area contributed by atoms with Gasteiger partial charge >= 0.3 is 0 Å². The van der Waals surface area contributed by atoms with Gasteiger partial charge in [0.2, 0.25) is 0 Å². The summed E-state index contributed by atoms with van der Waals surface area (Å²) in [6.45, 7) is 6.55. The summed E-state index contributed by atoms with van der Waals surface area (Å²) >= 11 is 9.55. The molecule has 0 spiro atoms. The number of nitrogens with zero attached hydrogens (tertiary/aromatic N) is 1. The maximum atomic E-state index is 5.96. The number of hydrogen-bond donors (Lipinski definition) is 1. The average molecular weight is 318 g/mol. The first-order valence-corrected chi connectivity index (χ1v) is 7.26. The predicted octanol–water partition coefficient (Wildman–Crippen LogP) is 3.29. The monoisotopic (exact) mass is 316 g/mol. The summed E-state index contributed by atoms with van der Waals surface area (Å²) < 4.78 is 1.11. The smallest absolute Gasteiger partial charge is 0.0417 e. The number of hydrogen-bond acceptors (Lipinski definition) is 2. The van der Waals surface area contributed by atoms with Crippen LogP contribution in [0.15, 0.2) is 22.7 Å². The Kier molecular flexibility index (Phi) is 4.86. The van der Waals surface area contributed by atoms with Crippen molar-refractivity contribution in [2.45, 2.75) is 25.9 Å². The van der Waals surface area contributed by atoms with E-state index in [0.717, 1.165) is 35.7 Å². The van der Waals surface area contributed by atoms with E-state index in [1.54, 1.807) is 0 Å². The van der Waals surface area contributed by atoms with Gasteiger partial charge in [0.15, 0.2) is 0 Å². The molecule has 4 heteroatoms. The minimum Gasteiger partial charge on any atom is -0.315 e. The molecule has 2 nitrogen and oxygen atoms in total. The van der Waals surface area contributed by atoms with E-state index in [1.165, 1.54) is 12.0 Å². The molecule has 1 fully saturated rings. The third-order valence-corrected chi connectivity index (χ3v) is 4.32. The zero-order valence-corrected chi connectivity index (χ0v) is 12.4. The zero-order valence-electron chi connectivity index (χ0n) is 10.0. The second-order valence-corrected chi connectivity index (χ2v) is 5.74. The third-order valence-electron chi connectivity index (χ3n) is 3.35. The van der Waals surface area contributed by atoms with Gasteiger partial charge in [-0.05, 0) is 37.2 Å². The Balaban J connectivity index is 2.06. The summed E-state index contributed by atoms with van der Waals surface area (Å²) in [6, 6.07) is 6.71. The van der Waals surface area contributed by atoms with Gasteiger partial charge in [0, 0.05) is 28.6 Å². The maximum Gasteiger partial charge on any atom is 0.0417 e. The van der Waals surface area contributed by atoms with Gasteiger partial charge in [-0.1, -0.05) is 40.5 Å². The van der Waals surface area contributed by atoms with Crippen LogP contribution in [0.4, 0.5) is 0 Å². The summed E-state index contributed by atoms with van der Waals surface area (Å²) in [5, 5.41) is 4.21. The van der Waals surface area contributed by atoms with E-state index >= 15 is 0 Å². The van der Waals surface area contributed by atoms with Crippen LogP contribution < -0.4 is 5.32 Å². The molecule has 94 valence electrons. The summed E-state index contributed by atoms with van der Waals surface area (Å²) in [7, 11) is 0.